The summed E-state index contributed by atoms with van der Waals surface area (Å²) in [6.45, 7) is -1.31. The van der Waals surface area contributed by atoms with E-state index in [1.165, 1.54) is 13.0 Å². The zero-order chi connectivity index (χ0) is 32.6. The number of fused-ring (bicyclic) bond motifs is 1. The topological polar surface area (TPSA) is 147 Å². The predicted molar refractivity (Wildman–Crippen MR) is 156 cm³/mol. The Morgan fingerprint density at radius 1 is 1.25 bits per heavy atom. The van der Waals surface area contributed by atoms with Crippen LogP contribution in [-0.4, -0.2) is 63.4 Å². The van der Waals surface area contributed by atoms with E-state index in [0.717, 1.165) is 11.6 Å². The summed E-state index contributed by atoms with van der Waals surface area (Å²) in [6.07, 6.45) is -9.19. The number of carbonyl (C=O) groups is 1. The van der Waals surface area contributed by atoms with Crippen LogP contribution >= 0.6 is 18.2 Å². The highest BCUT2D eigenvalue weighted by molar-refractivity contribution is 8.09. The van der Waals surface area contributed by atoms with E-state index in [-0.39, 0.29) is 10.8 Å². The second-order valence-corrected chi connectivity index (χ2v) is 13.7. The number of nitrogen functional groups attached to an aromatic ring is 1. The number of esters is 1. The monoisotopic (exact) mass is 682 g/mol. The molecule has 0 saturated carbocycles. The number of carbonyl (C=O) groups excluding carboxylic acids is 1. The van der Waals surface area contributed by atoms with Gasteiger partial charge >= 0.3 is 24.2 Å². The fourth-order valence-electron chi connectivity index (χ4n) is 4.28. The number of hydrogen-bond donors (Lipinski definition) is 3. The van der Waals surface area contributed by atoms with Gasteiger partial charge in [-0.15, -0.1) is 0 Å². The first-order valence-corrected chi connectivity index (χ1v) is 16.0. The molecular formula is C26H28ClF4N4O7PS. The molecule has 44 heavy (non-hydrogen) atoms. The van der Waals surface area contributed by atoms with Crippen LogP contribution in [0.3, 0.4) is 0 Å². The molecule has 0 aliphatic carbocycles. The Bertz CT molecular complexity index is 1650. The first-order chi connectivity index (χ1) is 20.5. The van der Waals surface area contributed by atoms with Gasteiger partial charge in [0.15, 0.2) is 12.3 Å². The number of nitrogens with one attached hydrogen (secondary N) is 1. The summed E-state index contributed by atoms with van der Waals surface area (Å²) in [4.78, 5) is 28.2. The van der Waals surface area contributed by atoms with Gasteiger partial charge in [-0.05, 0) is 55.5 Å². The van der Waals surface area contributed by atoms with Crippen molar-refractivity contribution in [2.45, 2.75) is 63.2 Å². The van der Waals surface area contributed by atoms with E-state index in [1.54, 1.807) is 44.2 Å². The summed E-state index contributed by atoms with van der Waals surface area (Å²) in [5.41, 5.74) is 0.284. The molecule has 5 atom stereocenters. The summed E-state index contributed by atoms with van der Waals surface area (Å²) < 4.78 is 82.2. The molecule has 2 aromatic carbocycles. The minimum atomic E-state index is -4.73. The SMILES string of the molecule is CC(C)OC(=O)C(C)NP(=S)(OCC1(C(F)F)OC(n2cc(Cl)c(N)nc2=O)C(O)C1(F)F)Oc1ccc2ccccc2c1. The molecule has 1 saturated heterocycles. The second-order valence-electron chi connectivity index (χ2n) is 10.1. The van der Waals surface area contributed by atoms with Gasteiger partial charge in [-0.3, -0.25) is 9.36 Å². The summed E-state index contributed by atoms with van der Waals surface area (Å²) >= 11 is 11.3. The molecule has 1 aromatic heterocycles. The maximum atomic E-state index is 15.6. The van der Waals surface area contributed by atoms with E-state index in [0.29, 0.717) is 9.95 Å². The molecular weight excluding hydrogens is 655 g/mol. The van der Waals surface area contributed by atoms with Crippen molar-refractivity contribution >= 4 is 52.6 Å². The zero-order valence-corrected chi connectivity index (χ0v) is 25.8. The Morgan fingerprint density at radius 3 is 2.55 bits per heavy atom. The highest BCUT2D eigenvalue weighted by Gasteiger charge is 2.74. The number of nitrogens with two attached hydrogens (primary N) is 1. The van der Waals surface area contributed by atoms with Crippen LogP contribution in [0.15, 0.2) is 53.5 Å². The van der Waals surface area contributed by atoms with Gasteiger partial charge in [0, 0.05) is 6.20 Å². The fraction of sp³-hybridized carbons (Fsp3) is 0.423. The van der Waals surface area contributed by atoms with Crippen molar-refractivity contribution < 1.29 is 46.0 Å². The largest absolute Gasteiger partial charge is 0.462 e. The predicted octanol–water partition coefficient (Wildman–Crippen LogP) is 4.41. The van der Waals surface area contributed by atoms with Gasteiger partial charge in [-0.2, -0.15) is 13.8 Å². The minimum Gasteiger partial charge on any atom is -0.462 e. The summed E-state index contributed by atoms with van der Waals surface area (Å²) in [7, 11) is 0. The fourth-order valence-corrected chi connectivity index (χ4v) is 6.84. The zero-order valence-electron chi connectivity index (χ0n) is 23.3. The molecule has 240 valence electrons. The first-order valence-electron chi connectivity index (χ1n) is 13.0. The number of alkyl halides is 4. The molecule has 2 heterocycles. The molecule has 18 heteroatoms. The number of anilines is 1. The van der Waals surface area contributed by atoms with Crippen LogP contribution in [0.1, 0.15) is 27.0 Å². The van der Waals surface area contributed by atoms with Crippen molar-refractivity contribution in [2.75, 3.05) is 12.3 Å². The summed E-state index contributed by atoms with van der Waals surface area (Å²) in [5, 5.41) is 14.2. The number of aromatic nitrogens is 2. The molecule has 1 aliphatic heterocycles. The number of halogens is 5. The van der Waals surface area contributed by atoms with Crippen molar-refractivity contribution in [3.63, 3.8) is 0 Å². The highest BCUT2D eigenvalue weighted by Crippen LogP contribution is 2.54. The van der Waals surface area contributed by atoms with Crippen LogP contribution in [0.4, 0.5) is 23.4 Å². The van der Waals surface area contributed by atoms with Crippen molar-refractivity contribution in [2.24, 2.45) is 0 Å². The van der Waals surface area contributed by atoms with Gasteiger partial charge in [-0.1, -0.05) is 41.9 Å². The van der Waals surface area contributed by atoms with Gasteiger partial charge in [0.2, 0.25) is 5.60 Å². The molecule has 4 N–H and O–H groups in total. The van der Waals surface area contributed by atoms with Crippen LogP contribution in [0.25, 0.3) is 10.8 Å². The number of hydrogen-bond acceptors (Lipinski definition) is 10. The van der Waals surface area contributed by atoms with Crippen LogP contribution in [0.2, 0.25) is 5.02 Å². The standard InChI is InChI=1S/C26H28ClF4N4O7PS/c1-13(2)40-22(37)14(3)34-43(44,42-17-9-8-15-6-4-5-7-16(15)10-17)39-12-25(23(28)29)26(30,31)19(36)21(41-25)35-11-18(27)20(32)33-24(35)38/h4-11,13-14,19,21,23,36H,12H2,1-3H3,(H,34,44)(H2,32,33,38). The van der Waals surface area contributed by atoms with E-state index < -0.39 is 73.2 Å². The number of ether oxygens (including phenoxy) is 2. The molecule has 1 aliphatic rings. The Hall–Kier alpha value is -2.85. The second kappa shape index (κ2) is 12.9. The Balaban J connectivity index is 1.70. The van der Waals surface area contributed by atoms with Crippen LogP contribution in [0, 0.1) is 0 Å². The molecule has 3 aromatic rings. The van der Waals surface area contributed by atoms with Crippen LogP contribution in [0.5, 0.6) is 5.75 Å². The minimum absolute atomic E-state index is 0.0706. The van der Waals surface area contributed by atoms with Crippen molar-refractivity contribution in [1.29, 1.82) is 0 Å². The quantitative estimate of drug-likeness (QED) is 0.150. The summed E-state index contributed by atoms with van der Waals surface area (Å²) in [5.74, 6) is -5.93. The van der Waals surface area contributed by atoms with E-state index in [1.807, 2.05) is 6.07 Å². The average molecular weight is 683 g/mol. The lowest BCUT2D eigenvalue weighted by Gasteiger charge is -2.35. The highest BCUT2D eigenvalue weighted by atomic mass is 35.5. The van der Waals surface area contributed by atoms with Gasteiger partial charge in [0.05, 0.1) is 17.7 Å². The van der Waals surface area contributed by atoms with Crippen LogP contribution < -0.4 is 21.0 Å². The third kappa shape index (κ3) is 6.71. The molecule has 0 radical (unpaired) electrons. The average Bonchev–Trinajstić information content (AvgIpc) is 3.14. The molecule has 11 nitrogen and oxygen atoms in total. The maximum absolute atomic E-state index is 15.6. The van der Waals surface area contributed by atoms with E-state index >= 15 is 8.78 Å². The van der Waals surface area contributed by atoms with Crippen LogP contribution in [-0.2, 0) is 30.6 Å². The van der Waals surface area contributed by atoms with E-state index in [9.17, 15) is 23.5 Å². The van der Waals surface area contributed by atoms with Gasteiger partial charge < -0.3 is 29.4 Å². The Morgan fingerprint density at radius 2 is 1.91 bits per heavy atom. The lowest BCUT2D eigenvalue weighted by atomic mass is 9.95. The third-order valence-electron chi connectivity index (χ3n) is 6.55. The number of aliphatic hydroxyl groups is 1. The molecule has 5 unspecified atom stereocenters. The molecule has 4 rings (SSSR count). The van der Waals surface area contributed by atoms with Crippen molar-refractivity contribution in [3.8, 4) is 5.75 Å². The first kappa shape index (κ1) is 34.0. The third-order valence-corrected chi connectivity index (χ3v) is 9.32. The Labute approximate surface area is 258 Å². The molecule has 0 spiro atoms. The van der Waals surface area contributed by atoms with Gasteiger partial charge in [-0.25, -0.2) is 18.7 Å². The maximum Gasteiger partial charge on any atom is 0.351 e. The van der Waals surface area contributed by atoms with E-state index in [2.05, 4.69) is 10.1 Å². The smallest absolute Gasteiger partial charge is 0.351 e. The molecule has 0 amide bonds. The number of nitrogens with zero attached hydrogens (tertiary/aromatic N) is 2. The van der Waals surface area contributed by atoms with E-state index in [4.69, 9.17) is 47.7 Å². The van der Waals surface area contributed by atoms with Crippen molar-refractivity contribution in [1.82, 2.24) is 14.6 Å². The van der Waals surface area contributed by atoms with Crippen molar-refractivity contribution in [3.05, 3.63) is 64.2 Å². The normalized spacial score (nSPS) is 23.5. The number of aliphatic hydroxyl groups excluding tert-OH is 1. The van der Waals surface area contributed by atoms with Gasteiger partial charge in [0.1, 0.15) is 17.6 Å². The summed E-state index contributed by atoms with van der Waals surface area (Å²) in [6, 6.07) is 10.6. The lowest BCUT2D eigenvalue weighted by molar-refractivity contribution is -0.241. The Kier molecular flexibility index (Phi) is 9.95. The number of rotatable bonds is 11. The van der Waals surface area contributed by atoms with Gasteiger partial charge in [0.25, 0.3) is 6.43 Å². The number of benzene rings is 2. The lowest BCUT2D eigenvalue weighted by Crippen LogP contribution is -2.57. The molecule has 0 bridgehead atoms. The molecule has 1 fully saturated rings.